The zero-order chi connectivity index (χ0) is 30.0. The fourth-order valence-electron chi connectivity index (χ4n) is 4.72. The fourth-order valence-corrected chi connectivity index (χ4v) is 6.37. The highest BCUT2D eigenvalue weighted by Crippen LogP contribution is 2.42. The molecule has 3 aromatic carbocycles. The van der Waals surface area contributed by atoms with Gasteiger partial charge in [-0.1, -0.05) is 24.3 Å². The predicted molar refractivity (Wildman–Crippen MR) is 155 cm³/mol. The second-order valence-corrected chi connectivity index (χ2v) is 11.0. The molecule has 0 amide bonds. The van der Waals surface area contributed by atoms with Crippen molar-refractivity contribution in [2.45, 2.75) is 25.3 Å². The largest absolute Gasteiger partial charge is 0.465 e. The normalized spacial score (nSPS) is 11.4. The van der Waals surface area contributed by atoms with Crippen LogP contribution in [0.3, 0.4) is 0 Å². The van der Waals surface area contributed by atoms with E-state index in [1.54, 1.807) is 42.2 Å². The molecule has 0 aliphatic carbocycles. The fraction of sp³-hybridized carbons (Fsp3) is 0.129. The van der Waals surface area contributed by atoms with E-state index in [4.69, 9.17) is 9.84 Å². The summed E-state index contributed by atoms with van der Waals surface area (Å²) in [7, 11) is -3.66. The number of hydrogen-bond donors (Lipinski definition) is 0. The molecule has 42 heavy (non-hydrogen) atoms. The lowest BCUT2D eigenvalue weighted by Gasteiger charge is -2.28. The maximum absolute atomic E-state index is 15.0. The molecular formula is C31H26F2N4O4S. The Bertz CT molecular complexity index is 1890. The van der Waals surface area contributed by atoms with E-state index < -0.39 is 32.5 Å². The number of aromatic nitrogens is 3. The van der Waals surface area contributed by atoms with E-state index in [0.29, 0.717) is 29.4 Å². The molecule has 5 rings (SSSR count). The number of hydrogen-bond acceptors (Lipinski definition) is 6. The Balaban J connectivity index is 1.81. The topological polar surface area (TPSA) is 94.4 Å². The highest BCUT2D eigenvalue weighted by atomic mass is 32.2. The Kier molecular flexibility index (Phi) is 7.86. The molecule has 2 heterocycles. The van der Waals surface area contributed by atoms with Crippen LogP contribution < -0.4 is 4.31 Å². The van der Waals surface area contributed by atoms with Gasteiger partial charge in [-0.3, -0.25) is 9.67 Å². The molecule has 0 atom stereocenters. The molecule has 0 fully saturated rings. The van der Waals surface area contributed by atoms with Gasteiger partial charge in [0.2, 0.25) is 0 Å². The Morgan fingerprint density at radius 3 is 2.38 bits per heavy atom. The van der Waals surface area contributed by atoms with Crippen molar-refractivity contribution in [1.29, 1.82) is 0 Å². The summed E-state index contributed by atoms with van der Waals surface area (Å²) in [6.45, 7) is 4.24. The number of nitrogens with zero attached hydrogens (tertiary/aromatic N) is 4. The number of anilines is 2. The number of pyridine rings is 1. The van der Waals surface area contributed by atoms with Gasteiger partial charge >= 0.3 is 5.97 Å². The molecule has 0 saturated heterocycles. The number of rotatable bonds is 8. The lowest BCUT2D eigenvalue weighted by molar-refractivity contribution is 0.0601. The van der Waals surface area contributed by atoms with Crippen molar-refractivity contribution < 1.29 is 26.7 Å². The van der Waals surface area contributed by atoms with Gasteiger partial charge in [-0.15, -0.1) is 0 Å². The number of aryl methyl sites for hydroxylation is 1. The quantitative estimate of drug-likeness (QED) is 0.191. The Hall–Kier alpha value is -4.90. The summed E-state index contributed by atoms with van der Waals surface area (Å²) in [5.74, 6) is -2.89. The van der Waals surface area contributed by atoms with Crippen LogP contribution >= 0.6 is 0 Å². The molecule has 2 aromatic heterocycles. The van der Waals surface area contributed by atoms with Gasteiger partial charge in [0.1, 0.15) is 22.2 Å². The zero-order valence-electron chi connectivity index (χ0n) is 23.0. The predicted octanol–water partition coefficient (Wildman–Crippen LogP) is 6.53. The van der Waals surface area contributed by atoms with Crippen molar-refractivity contribution in [3.63, 3.8) is 0 Å². The molecule has 5 aromatic rings. The average molecular weight is 589 g/mol. The molecule has 0 aliphatic rings. The van der Waals surface area contributed by atoms with E-state index in [1.165, 1.54) is 31.4 Å². The van der Waals surface area contributed by atoms with Crippen molar-refractivity contribution in [3.8, 4) is 22.4 Å². The molecular weight excluding hydrogens is 562 g/mol. The first-order chi connectivity index (χ1) is 20.2. The molecule has 8 nitrogen and oxygen atoms in total. The lowest BCUT2D eigenvalue weighted by Crippen LogP contribution is -2.29. The summed E-state index contributed by atoms with van der Waals surface area (Å²) in [5, 5.41) is 4.76. The van der Waals surface area contributed by atoms with Gasteiger partial charge in [0.25, 0.3) is 10.0 Å². The smallest absolute Gasteiger partial charge is 0.340 e. The maximum Gasteiger partial charge on any atom is 0.340 e. The third-order valence-electron chi connectivity index (χ3n) is 6.80. The third-order valence-corrected chi connectivity index (χ3v) is 8.54. The van der Waals surface area contributed by atoms with Crippen molar-refractivity contribution in [3.05, 3.63) is 114 Å². The van der Waals surface area contributed by atoms with Crippen LogP contribution in [0.15, 0.2) is 96.3 Å². The minimum absolute atomic E-state index is 0.0853. The van der Waals surface area contributed by atoms with Crippen LogP contribution in [-0.4, -0.2) is 36.3 Å². The Morgan fingerprint density at radius 2 is 1.67 bits per heavy atom. The minimum Gasteiger partial charge on any atom is -0.465 e. The van der Waals surface area contributed by atoms with E-state index in [0.717, 1.165) is 27.6 Å². The van der Waals surface area contributed by atoms with Crippen molar-refractivity contribution in [1.82, 2.24) is 14.8 Å². The van der Waals surface area contributed by atoms with E-state index >= 15 is 4.39 Å². The van der Waals surface area contributed by atoms with E-state index in [9.17, 15) is 17.6 Å². The minimum atomic E-state index is -4.83. The van der Waals surface area contributed by atoms with Gasteiger partial charge in [0.05, 0.1) is 24.0 Å². The molecule has 0 aliphatic heterocycles. The van der Waals surface area contributed by atoms with E-state index in [2.05, 4.69) is 4.98 Å². The molecule has 0 unspecified atom stereocenters. The summed E-state index contributed by atoms with van der Waals surface area (Å²) in [5.41, 5.74) is 3.22. The van der Waals surface area contributed by atoms with Gasteiger partial charge < -0.3 is 4.74 Å². The third kappa shape index (κ3) is 5.14. The SMILES string of the molecule is CCn1cc(-c2ccncc2)c(-c2cccc(N(c3ccccc3C(=O)OC)S(=O)(=O)c3cc(F)ccc3F)c2C)n1. The summed E-state index contributed by atoms with van der Waals surface area (Å²) >= 11 is 0. The number of methoxy groups -OCH3 is 1. The van der Waals surface area contributed by atoms with Gasteiger partial charge in [-0.05, 0) is 73.5 Å². The molecule has 0 N–H and O–H groups in total. The van der Waals surface area contributed by atoms with Crippen LogP contribution in [0.25, 0.3) is 22.4 Å². The molecule has 0 spiro atoms. The van der Waals surface area contributed by atoms with Crippen LogP contribution in [0.4, 0.5) is 20.2 Å². The molecule has 214 valence electrons. The first kappa shape index (κ1) is 28.6. The summed E-state index contributed by atoms with van der Waals surface area (Å²) in [6, 6.07) is 16.7. The second-order valence-electron chi connectivity index (χ2n) is 9.29. The van der Waals surface area contributed by atoms with E-state index in [1.807, 2.05) is 25.3 Å². The van der Waals surface area contributed by atoms with Crippen LogP contribution in [-0.2, 0) is 21.3 Å². The average Bonchev–Trinajstić information content (AvgIpc) is 3.44. The lowest BCUT2D eigenvalue weighted by atomic mass is 9.98. The zero-order valence-corrected chi connectivity index (χ0v) is 23.8. The molecule has 0 saturated carbocycles. The first-order valence-corrected chi connectivity index (χ1v) is 14.4. The van der Waals surface area contributed by atoms with Crippen molar-refractivity contribution in [2.24, 2.45) is 0 Å². The maximum atomic E-state index is 15.0. The number of benzene rings is 3. The number of ether oxygens (including phenoxy) is 1. The summed E-state index contributed by atoms with van der Waals surface area (Å²) in [6.07, 6.45) is 5.22. The number of carbonyl (C=O) groups is 1. The standard InChI is InChI=1S/C31H26F2N4O4S/c1-4-36-19-25(21-14-16-34-17-15-21)30(35-36)23-9-7-11-27(20(23)2)37(28-10-6-5-8-24(28)31(38)41-3)42(39,40)29-18-22(32)12-13-26(29)33/h5-19H,4H2,1-3H3. The summed E-state index contributed by atoms with van der Waals surface area (Å²) < 4.78 is 65.3. The van der Waals surface area contributed by atoms with Gasteiger partial charge in [0.15, 0.2) is 0 Å². The van der Waals surface area contributed by atoms with Gasteiger partial charge in [-0.2, -0.15) is 5.10 Å². The molecule has 0 radical (unpaired) electrons. The van der Waals surface area contributed by atoms with Crippen molar-refractivity contribution >= 4 is 27.4 Å². The van der Waals surface area contributed by atoms with Crippen LogP contribution in [0, 0.1) is 18.6 Å². The first-order valence-electron chi connectivity index (χ1n) is 12.9. The van der Waals surface area contributed by atoms with Gasteiger partial charge in [-0.25, -0.2) is 26.3 Å². The van der Waals surface area contributed by atoms with Crippen LogP contribution in [0.2, 0.25) is 0 Å². The number of para-hydroxylation sites is 1. The van der Waals surface area contributed by atoms with Crippen LogP contribution in [0.1, 0.15) is 22.8 Å². The summed E-state index contributed by atoms with van der Waals surface area (Å²) in [4.78, 5) is 16.0. The van der Waals surface area contributed by atoms with Crippen LogP contribution in [0.5, 0.6) is 0 Å². The number of esters is 1. The van der Waals surface area contributed by atoms with Crippen molar-refractivity contribution in [2.75, 3.05) is 11.4 Å². The highest BCUT2D eigenvalue weighted by Gasteiger charge is 2.34. The Labute approximate surface area is 241 Å². The number of halogens is 2. The number of carbonyl (C=O) groups excluding carboxylic acids is 1. The number of sulfonamides is 1. The van der Waals surface area contributed by atoms with Gasteiger partial charge in [0, 0.05) is 36.3 Å². The molecule has 0 bridgehead atoms. The highest BCUT2D eigenvalue weighted by molar-refractivity contribution is 7.93. The Morgan fingerprint density at radius 1 is 0.952 bits per heavy atom. The molecule has 11 heteroatoms. The van der Waals surface area contributed by atoms with E-state index in [-0.39, 0.29) is 16.9 Å². The monoisotopic (exact) mass is 588 g/mol. The second kappa shape index (κ2) is 11.5.